The third-order valence-corrected chi connectivity index (χ3v) is 6.16. The van der Waals surface area contributed by atoms with Crippen LogP contribution in [0.5, 0.6) is 0 Å². The van der Waals surface area contributed by atoms with Gasteiger partial charge in [-0.05, 0) is 25.4 Å². The second-order valence-electron chi connectivity index (χ2n) is 8.38. The van der Waals surface area contributed by atoms with Gasteiger partial charge in [0.1, 0.15) is 6.61 Å². The SMILES string of the molecule is CCN(CC)CCOCCOC(=O)CCCCCCCCCCC1CCCC1. The lowest BCUT2D eigenvalue weighted by Crippen LogP contribution is -2.27. The molecule has 0 aromatic heterocycles. The first kappa shape index (κ1) is 25.4. The fourth-order valence-electron chi connectivity index (χ4n) is 4.18. The van der Waals surface area contributed by atoms with Gasteiger partial charge in [0, 0.05) is 13.0 Å². The standard InChI is InChI=1S/C24H47NO3/c1-3-25(4-2)19-20-27-21-22-28-24(26)18-12-10-8-6-5-7-9-11-15-23-16-13-14-17-23/h23H,3-22H2,1-2H3. The zero-order chi connectivity index (χ0) is 20.3. The second-order valence-corrected chi connectivity index (χ2v) is 8.38. The molecule has 0 saturated heterocycles. The summed E-state index contributed by atoms with van der Waals surface area (Å²) in [5, 5.41) is 0. The lowest BCUT2D eigenvalue weighted by molar-refractivity contribution is -0.145. The van der Waals surface area contributed by atoms with Crippen molar-refractivity contribution in [3.63, 3.8) is 0 Å². The summed E-state index contributed by atoms with van der Waals surface area (Å²) < 4.78 is 10.8. The predicted octanol–water partition coefficient (Wildman–Crippen LogP) is 5.98. The first-order chi connectivity index (χ1) is 13.8. The Labute approximate surface area is 174 Å². The molecule has 28 heavy (non-hydrogen) atoms. The molecule has 0 aromatic rings. The zero-order valence-corrected chi connectivity index (χ0v) is 18.9. The molecule has 0 unspecified atom stereocenters. The minimum absolute atomic E-state index is 0.0701. The molecule has 1 aliphatic carbocycles. The molecule has 1 saturated carbocycles. The minimum atomic E-state index is -0.0701. The Morgan fingerprint density at radius 1 is 0.821 bits per heavy atom. The highest BCUT2D eigenvalue weighted by Crippen LogP contribution is 2.29. The molecule has 0 bridgehead atoms. The lowest BCUT2D eigenvalue weighted by Gasteiger charge is -2.17. The van der Waals surface area contributed by atoms with E-state index in [0.29, 0.717) is 26.2 Å². The molecule has 0 aromatic carbocycles. The summed E-state index contributed by atoms with van der Waals surface area (Å²) in [5.41, 5.74) is 0. The van der Waals surface area contributed by atoms with Crippen molar-refractivity contribution in [2.75, 3.05) is 39.5 Å². The highest BCUT2D eigenvalue weighted by atomic mass is 16.6. The van der Waals surface area contributed by atoms with E-state index >= 15 is 0 Å². The van der Waals surface area contributed by atoms with Crippen molar-refractivity contribution in [1.82, 2.24) is 4.90 Å². The summed E-state index contributed by atoms with van der Waals surface area (Å²) in [7, 11) is 0. The third kappa shape index (κ3) is 14.4. The van der Waals surface area contributed by atoms with E-state index in [1.807, 2.05) is 0 Å². The molecule has 0 atom stereocenters. The van der Waals surface area contributed by atoms with Crippen molar-refractivity contribution < 1.29 is 14.3 Å². The zero-order valence-electron chi connectivity index (χ0n) is 18.9. The second kappa shape index (κ2) is 18.4. The van der Waals surface area contributed by atoms with E-state index in [2.05, 4.69) is 18.7 Å². The molecular weight excluding hydrogens is 350 g/mol. The number of nitrogens with zero attached hydrogens (tertiary/aromatic N) is 1. The number of likely N-dealkylation sites (N-methyl/N-ethyl adjacent to an activating group) is 1. The number of carbonyl (C=O) groups excluding carboxylic acids is 1. The maximum absolute atomic E-state index is 11.7. The largest absolute Gasteiger partial charge is 0.463 e. The van der Waals surface area contributed by atoms with Crippen LogP contribution in [0.2, 0.25) is 0 Å². The molecule has 166 valence electrons. The normalized spacial score (nSPS) is 14.8. The highest BCUT2D eigenvalue weighted by molar-refractivity contribution is 5.69. The van der Waals surface area contributed by atoms with Gasteiger partial charge in [-0.2, -0.15) is 0 Å². The van der Waals surface area contributed by atoms with E-state index in [1.165, 1.54) is 70.6 Å². The molecule has 1 rings (SSSR count). The van der Waals surface area contributed by atoms with Gasteiger partial charge in [0.05, 0.1) is 13.2 Å². The number of hydrogen-bond acceptors (Lipinski definition) is 4. The van der Waals surface area contributed by atoms with Crippen LogP contribution in [-0.2, 0) is 14.3 Å². The summed E-state index contributed by atoms with van der Waals surface area (Å²) in [6.07, 6.45) is 18.3. The van der Waals surface area contributed by atoms with Crippen LogP contribution in [0, 0.1) is 5.92 Å². The van der Waals surface area contributed by atoms with Crippen LogP contribution in [0.25, 0.3) is 0 Å². The smallest absolute Gasteiger partial charge is 0.305 e. The Morgan fingerprint density at radius 3 is 2.07 bits per heavy atom. The quantitative estimate of drug-likeness (QED) is 0.198. The average Bonchev–Trinajstić information content (AvgIpc) is 3.22. The Morgan fingerprint density at radius 2 is 1.43 bits per heavy atom. The first-order valence-electron chi connectivity index (χ1n) is 12.2. The van der Waals surface area contributed by atoms with Gasteiger partial charge in [0.2, 0.25) is 0 Å². The van der Waals surface area contributed by atoms with Gasteiger partial charge in [-0.15, -0.1) is 0 Å². The van der Waals surface area contributed by atoms with Gasteiger partial charge in [-0.25, -0.2) is 0 Å². The molecule has 4 nitrogen and oxygen atoms in total. The number of esters is 1. The van der Waals surface area contributed by atoms with Crippen LogP contribution >= 0.6 is 0 Å². The summed E-state index contributed by atoms with van der Waals surface area (Å²) >= 11 is 0. The van der Waals surface area contributed by atoms with Crippen molar-refractivity contribution in [2.45, 2.75) is 104 Å². The molecule has 0 amide bonds. The van der Waals surface area contributed by atoms with E-state index in [0.717, 1.165) is 38.4 Å². The van der Waals surface area contributed by atoms with Gasteiger partial charge in [0.25, 0.3) is 0 Å². The number of carbonyl (C=O) groups is 1. The summed E-state index contributed by atoms with van der Waals surface area (Å²) in [5.74, 6) is 0.984. The predicted molar refractivity (Wildman–Crippen MR) is 118 cm³/mol. The van der Waals surface area contributed by atoms with Gasteiger partial charge in [0.15, 0.2) is 0 Å². The molecule has 0 N–H and O–H groups in total. The van der Waals surface area contributed by atoms with E-state index in [9.17, 15) is 4.79 Å². The van der Waals surface area contributed by atoms with E-state index < -0.39 is 0 Å². The fourth-order valence-corrected chi connectivity index (χ4v) is 4.18. The third-order valence-electron chi connectivity index (χ3n) is 6.16. The van der Waals surface area contributed by atoms with Crippen molar-refractivity contribution in [2.24, 2.45) is 5.92 Å². The van der Waals surface area contributed by atoms with Crippen molar-refractivity contribution in [3.8, 4) is 0 Å². The number of ether oxygens (including phenoxy) is 2. The average molecular weight is 398 g/mol. The minimum Gasteiger partial charge on any atom is -0.463 e. The summed E-state index contributed by atoms with van der Waals surface area (Å²) in [6, 6.07) is 0. The van der Waals surface area contributed by atoms with Crippen molar-refractivity contribution >= 4 is 5.97 Å². The number of hydrogen-bond donors (Lipinski definition) is 0. The molecule has 0 radical (unpaired) electrons. The highest BCUT2D eigenvalue weighted by Gasteiger charge is 2.13. The van der Waals surface area contributed by atoms with Gasteiger partial charge in [-0.3, -0.25) is 4.79 Å². The Bertz CT molecular complexity index is 352. The monoisotopic (exact) mass is 397 g/mol. The van der Waals surface area contributed by atoms with Crippen molar-refractivity contribution in [3.05, 3.63) is 0 Å². The summed E-state index contributed by atoms with van der Waals surface area (Å²) in [4.78, 5) is 14.0. The molecule has 0 aliphatic heterocycles. The van der Waals surface area contributed by atoms with Gasteiger partial charge < -0.3 is 14.4 Å². The maximum atomic E-state index is 11.7. The molecule has 1 aliphatic rings. The molecule has 0 spiro atoms. The first-order valence-corrected chi connectivity index (χ1v) is 12.2. The molecule has 1 fully saturated rings. The molecule has 4 heteroatoms. The van der Waals surface area contributed by atoms with Crippen molar-refractivity contribution in [1.29, 1.82) is 0 Å². The fraction of sp³-hybridized carbons (Fsp3) is 0.958. The molecular formula is C24H47NO3. The van der Waals surface area contributed by atoms with Crippen LogP contribution in [0.4, 0.5) is 0 Å². The van der Waals surface area contributed by atoms with Crippen LogP contribution in [0.1, 0.15) is 104 Å². The number of rotatable bonds is 19. The topological polar surface area (TPSA) is 38.8 Å². The maximum Gasteiger partial charge on any atom is 0.305 e. The molecule has 0 heterocycles. The van der Waals surface area contributed by atoms with E-state index in [-0.39, 0.29) is 5.97 Å². The Balaban J connectivity index is 1.75. The lowest BCUT2D eigenvalue weighted by atomic mass is 9.99. The Kier molecular flexibility index (Phi) is 16.7. The van der Waals surface area contributed by atoms with Gasteiger partial charge >= 0.3 is 5.97 Å². The van der Waals surface area contributed by atoms with Gasteiger partial charge in [-0.1, -0.05) is 90.9 Å². The summed E-state index contributed by atoms with van der Waals surface area (Å²) in [6.45, 7) is 8.96. The van der Waals surface area contributed by atoms with Crippen LogP contribution in [0.3, 0.4) is 0 Å². The van der Waals surface area contributed by atoms with E-state index in [1.54, 1.807) is 0 Å². The van der Waals surface area contributed by atoms with Crippen LogP contribution in [0.15, 0.2) is 0 Å². The van der Waals surface area contributed by atoms with Crippen LogP contribution < -0.4 is 0 Å². The number of unbranched alkanes of at least 4 members (excludes halogenated alkanes) is 7. The van der Waals surface area contributed by atoms with Crippen LogP contribution in [-0.4, -0.2) is 50.3 Å². The Hall–Kier alpha value is -0.610. The van der Waals surface area contributed by atoms with E-state index in [4.69, 9.17) is 9.47 Å².